The molecule has 256 valence electrons. The van der Waals surface area contributed by atoms with Crippen molar-refractivity contribution in [3.63, 3.8) is 0 Å². The van der Waals surface area contributed by atoms with E-state index in [9.17, 15) is 28.8 Å². The second-order valence-corrected chi connectivity index (χ2v) is 13.6. The van der Waals surface area contributed by atoms with E-state index in [0.717, 1.165) is 0 Å². The Morgan fingerprint density at radius 3 is 1.96 bits per heavy atom. The summed E-state index contributed by atoms with van der Waals surface area (Å²) in [5.74, 6) is -1.73. The Hall–Kier alpha value is -2.90. The van der Waals surface area contributed by atoms with E-state index in [1.807, 2.05) is 34.6 Å². The van der Waals surface area contributed by atoms with Crippen molar-refractivity contribution < 1.29 is 38.2 Å². The first-order valence-electron chi connectivity index (χ1n) is 16.3. The van der Waals surface area contributed by atoms with Gasteiger partial charge < -0.3 is 25.8 Å². The maximum atomic E-state index is 12.4. The summed E-state index contributed by atoms with van der Waals surface area (Å²) in [6, 6.07) is 0. The van der Waals surface area contributed by atoms with E-state index >= 15 is 0 Å². The minimum Gasteiger partial charge on any atom is -0.379 e. The van der Waals surface area contributed by atoms with Gasteiger partial charge in [-0.05, 0) is 52.4 Å². The van der Waals surface area contributed by atoms with E-state index in [2.05, 4.69) is 10.6 Å². The molecule has 0 radical (unpaired) electrons. The van der Waals surface area contributed by atoms with Crippen LogP contribution in [0.4, 0.5) is 0 Å². The minimum absolute atomic E-state index is 0.0872. The zero-order chi connectivity index (χ0) is 33.8. The number of hydrogen-bond donors (Lipinski definition) is 3. The van der Waals surface area contributed by atoms with Gasteiger partial charge in [-0.15, -0.1) is 0 Å². The summed E-state index contributed by atoms with van der Waals surface area (Å²) < 4.78 is 11.8. The number of hydrogen-bond acceptors (Lipinski definition) is 9. The van der Waals surface area contributed by atoms with Crippen molar-refractivity contribution in [1.82, 2.24) is 20.4 Å². The predicted molar refractivity (Wildman–Crippen MR) is 167 cm³/mol. The van der Waals surface area contributed by atoms with Crippen LogP contribution in [0.15, 0.2) is 0 Å². The van der Waals surface area contributed by atoms with Gasteiger partial charge in [0.15, 0.2) is 0 Å². The largest absolute Gasteiger partial charge is 0.379 e. The number of ether oxygens (including phenoxy) is 2. The average molecular weight is 638 g/mol. The second kappa shape index (κ2) is 17.7. The fraction of sp³-hybridized carbons (Fsp3) is 0.812. The lowest BCUT2D eigenvalue weighted by Gasteiger charge is -2.28. The van der Waals surface area contributed by atoms with Crippen LogP contribution in [0.2, 0.25) is 0 Å². The van der Waals surface area contributed by atoms with E-state index in [0.29, 0.717) is 58.6 Å². The summed E-state index contributed by atoms with van der Waals surface area (Å²) in [5.41, 5.74) is 5.38. The number of rotatable bonds is 21. The molecule has 4 N–H and O–H groups in total. The highest BCUT2D eigenvalue weighted by atomic mass is 16.5. The third-order valence-corrected chi connectivity index (χ3v) is 8.34. The fourth-order valence-corrected chi connectivity index (χ4v) is 5.29. The number of carbonyl (C=O) groups is 6. The lowest BCUT2D eigenvalue weighted by Crippen LogP contribution is -2.42. The van der Waals surface area contributed by atoms with Crippen molar-refractivity contribution in [2.75, 3.05) is 46.0 Å². The molecule has 2 rings (SSSR count). The average Bonchev–Trinajstić information content (AvgIpc) is 3.38. The van der Waals surface area contributed by atoms with E-state index < -0.39 is 11.1 Å². The molecular weight excluding hydrogens is 582 g/mol. The van der Waals surface area contributed by atoms with Crippen molar-refractivity contribution in [2.45, 2.75) is 104 Å². The van der Waals surface area contributed by atoms with E-state index in [1.165, 1.54) is 9.80 Å². The maximum Gasteiger partial charge on any atom is 0.233 e. The molecule has 2 heterocycles. The highest BCUT2D eigenvalue weighted by Gasteiger charge is 2.40. The van der Waals surface area contributed by atoms with Crippen molar-refractivity contribution in [3.05, 3.63) is 0 Å². The fourth-order valence-electron chi connectivity index (χ4n) is 5.29. The molecule has 0 aliphatic carbocycles. The summed E-state index contributed by atoms with van der Waals surface area (Å²) >= 11 is 0. The topological polar surface area (TPSA) is 177 Å². The zero-order valence-electron chi connectivity index (χ0n) is 28.1. The van der Waals surface area contributed by atoms with Gasteiger partial charge in [0.25, 0.3) is 0 Å². The lowest BCUT2D eigenvalue weighted by molar-refractivity contribution is -0.141. The van der Waals surface area contributed by atoms with E-state index in [-0.39, 0.29) is 92.0 Å². The number of likely N-dealkylation sites (tertiary alicyclic amines) is 2. The normalized spacial score (nSPS) is 20.4. The molecule has 2 aliphatic heterocycles. The molecule has 45 heavy (non-hydrogen) atoms. The molecule has 0 bridgehead atoms. The molecular formula is C32H55N5O8. The van der Waals surface area contributed by atoms with Crippen LogP contribution >= 0.6 is 0 Å². The third kappa shape index (κ3) is 13.2. The minimum atomic E-state index is -0.566. The summed E-state index contributed by atoms with van der Waals surface area (Å²) in [4.78, 5) is 74.9. The summed E-state index contributed by atoms with van der Waals surface area (Å²) in [7, 11) is 0. The Morgan fingerprint density at radius 1 is 0.867 bits per heavy atom. The van der Waals surface area contributed by atoms with Crippen molar-refractivity contribution in [2.24, 2.45) is 23.5 Å². The van der Waals surface area contributed by atoms with Gasteiger partial charge in [-0.25, -0.2) is 0 Å². The van der Waals surface area contributed by atoms with Crippen molar-refractivity contribution in [3.8, 4) is 0 Å². The van der Waals surface area contributed by atoms with E-state index in [4.69, 9.17) is 15.2 Å². The van der Waals surface area contributed by atoms with Crippen LogP contribution in [0.5, 0.6) is 0 Å². The van der Waals surface area contributed by atoms with Gasteiger partial charge in [0.05, 0.1) is 12.2 Å². The van der Waals surface area contributed by atoms with Gasteiger partial charge in [-0.1, -0.05) is 20.8 Å². The van der Waals surface area contributed by atoms with Gasteiger partial charge >= 0.3 is 0 Å². The Bertz CT molecular complexity index is 1060. The summed E-state index contributed by atoms with van der Waals surface area (Å²) in [5, 5.41) is 5.64. The number of nitrogens with two attached hydrogens (primary N) is 1. The molecule has 0 spiro atoms. The summed E-state index contributed by atoms with van der Waals surface area (Å²) in [6.45, 7) is 13.8. The van der Waals surface area contributed by atoms with Crippen molar-refractivity contribution >= 4 is 35.4 Å². The first-order chi connectivity index (χ1) is 21.0. The van der Waals surface area contributed by atoms with Gasteiger partial charge in [-0.3, -0.25) is 38.6 Å². The molecule has 2 fully saturated rings. The highest BCUT2D eigenvalue weighted by molar-refractivity contribution is 6.04. The Morgan fingerprint density at radius 2 is 1.42 bits per heavy atom. The Kier molecular flexibility index (Phi) is 15.1. The number of amides is 6. The Labute approximate surface area is 267 Å². The van der Waals surface area contributed by atoms with Crippen molar-refractivity contribution in [1.29, 1.82) is 0 Å². The van der Waals surface area contributed by atoms with Crippen LogP contribution in [0.3, 0.4) is 0 Å². The van der Waals surface area contributed by atoms with Crippen LogP contribution < -0.4 is 16.4 Å². The van der Waals surface area contributed by atoms with Gasteiger partial charge in [-0.2, -0.15) is 0 Å². The molecule has 3 atom stereocenters. The maximum absolute atomic E-state index is 12.4. The van der Waals surface area contributed by atoms with E-state index in [1.54, 1.807) is 6.92 Å². The number of nitrogens with zero attached hydrogens (tertiary/aromatic N) is 2. The van der Waals surface area contributed by atoms with Crippen LogP contribution in [0.25, 0.3) is 0 Å². The number of nitrogens with one attached hydrogen (secondary N) is 2. The molecule has 13 nitrogen and oxygen atoms in total. The molecule has 6 amide bonds. The monoisotopic (exact) mass is 637 g/mol. The van der Waals surface area contributed by atoms with Crippen LogP contribution in [-0.2, 0) is 38.2 Å². The number of carbonyl (C=O) groups excluding carboxylic acids is 6. The highest BCUT2D eigenvalue weighted by Crippen LogP contribution is 2.26. The van der Waals surface area contributed by atoms with Crippen LogP contribution in [0.1, 0.15) is 92.9 Å². The Balaban J connectivity index is 1.49. The predicted octanol–water partition coefficient (Wildman–Crippen LogP) is 1.51. The molecule has 0 aromatic carbocycles. The SMILES string of the molecule is CC1CC(=O)N(CCC(=O)NCCCC(C)(N)COCCC(C)(C)OCCCNC(=O)CCN2C(=O)CC(C(C)C)C2=O)C1=O. The first-order valence-corrected chi connectivity index (χ1v) is 16.3. The lowest BCUT2D eigenvalue weighted by atomic mass is 9.94. The molecule has 0 aromatic heterocycles. The molecule has 0 saturated carbocycles. The smallest absolute Gasteiger partial charge is 0.233 e. The molecule has 13 heteroatoms. The summed E-state index contributed by atoms with van der Waals surface area (Å²) in [6.07, 6.45) is 3.19. The van der Waals surface area contributed by atoms with Gasteiger partial charge in [0.1, 0.15) is 0 Å². The third-order valence-electron chi connectivity index (χ3n) is 8.34. The standard InChI is InChI=1S/C32H55N5O8/c1-22(2)24-20-28(41)37(30(24)43)16-10-26(39)35-14-8-17-45-31(4,5)12-18-44-21-32(6,33)11-7-13-34-25(38)9-15-36-27(40)19-23(3)29(36)42/h22-24H,7-21,33H2,1-6H3,(H,34,38)(H,35,39). The first kappa shape index (κ1) is 38.3. The van der Waals surface area contributed by atoms with Crippen LogP contribution in [-0.4, -0.2) is 102 Å². The molecule has 0 aromatic rings. The van der Waals surface area contributed by atoms with Crippen LogP contribution in [0, 0.1) is 17.8 Å². The molecule has 2 aliphatic rings. The molecule has 3 unspecified atom stereocenters. The van der Waals surface area contributed by atoms with Gasteiger partial charge in [0, 0.05) is 82.5 Å². The second-order valence-electron chi connectivity index (χ2n) is 13.6. The quantitative estimate of drug-likeness (QED) is 0.124. The number of imide groups is 2. The molecule has 2 saturated heterocycles. The van der Waals surface area contributed by atoms with Gasteiger partial charge in [0.2, 0.25) is 35.4 Å². The zero-order valence-corrected chi connectivity index (χ0v) is 28.1.